The molecule has 2 rings (SSSR count). The first-order chi connectivity index (χ1) is 8.93. The second-order valence-electron chi connectivity index (χ2n) is 3.96. The van der Waals surface area contributed by atoms with Crippen LogP contribution in [0.3, 0.4) is 0 Å². The predicted molar refractivity (Wildman–Crippen MR) is 64.5 cm³/mol. The van der Waals surface area contributed by atoms with Crippen LogP contribution in [0.25, 0.3) is 11.3 Å². The third-order valence-corrected chi connectivity index (χ3v) is 2.71. The second-order valence-corrected chi connectivity index (χ2v) is 3.96. The molecule has 1 heterocycles. The number of methoxy groups -OCH3 is 1. The Morgan fingerprint density at radius 3 is 2.47 bits per heavy atom. The molecule has 0 saturated heterocycles. The number of aromatic nitrogens is 2. The fourth-order valence-corrected chi connectivity index (χ4v) is 1.75. The smallest absolute Gasteiger partial charge is 0.263 e. The number of halogens is 3. The molecule has 4 nitrogen and oxygen atoms in total. The zero-order chi connectivity index (χ0) is 14.2. The van der Waals surface area contributed by atoms with Crippen LogP contribution in [0, 0.1) is 5.82 Å². The molecule has 2 N–H and O–H groups in total. The number of rotatable bonds is 3. The van der Waals surface area contributed by atoms with Crippen molar-refractivity contribution in [1.29, 1.82) is 0 Å². The summed E-state index contributed by atoms with van der Waals surface area (Å²) in [5.41, 5.74) is 5.61. The fraction of sp³-hybridized carbons (Fsp3) is 0.250. The van der Waals surface area contributed by atoms with Gasteiger partial charge in [-0.05, 0) is 12.1 Å². The van der Waals surface area contributed by atoms with Crippen LogP contribution in [0.4, 0.5) is 19.0 Å². The quantitative estimate of drug-likeness (QED) is 0.933. The van der Waals surface area contributed by atoms with Crippen molar-refractivity contribution < 1.29 is 17.9 Å². The number of hydrogen-bond donors (Lipinski definition) is 1. The van der Waals surface area contributed by atoms with Crippen LogP contribution in [-0.4, -0.2) is 16.9 Å². The van der Waals surface area contributed by atoms with Gasteiger partial charge in [0.2, 0.25) is 0 Å². The number of aryl methyl sites for hydroxylation is 1. The highest BCUT2D eigenvalue weighted by atomic mass is 19.3. The molecule has 0 aliphatic carbocycles. The second kappa shape index (κ2) is 4.83. The molecule has 1 aromatic heterocycles. The maximum Gasteiger partial charge on any atom is 0.263 e. The van der Waals surface area contributed by atoms with Gasteiger partial charge in [-0.25, -0.2) is 13.2 Å². The van der Waals surface area contributed by atoms with Gasteiger partial charge >= 0.3 is 0 Å². The Hall–Kier alpha value is -2.18. The highest BCUT2D eigenvalue weighted by molar-refractivity contribution is 5.70. The summed E-state index contributed by atoms with van der Waals surface area (Å²) in [5.74, 6) is -0.665. The SMILES string of the molecule is COc1c(F)cc(C(F)F)cc1-c1cc(N)n(C)n1. The zero-order valence-corrected chi connectivity index (χ0v) is 10.3. The van der Waals surface area contributed by atoms with E-state index in [0.717, 1.165) is 12.1 Å². The van der Waals surface area contributed by atoms with Crippen LogP contribution in [0.15, 0.2) is 18.2 Å². The van der Waals surface area contributed by atoms with Crippen molar-refractivity contribution >= 4 is 5.82 Å². The lowest BCUT2D eigenvalue weighted by Crippen LogP contribution is -1.98. The lowest BCUT2D eigenvalue weighted by molar-refractivity contribution is 0.151. The van der Waals surface area contributed by atoms with Gasteiger partial charge in [0.15, 0.2) is 11.6 Å². The van der Waals surface area contributed by atoms with Crippen molar-refractivity contribution in [2.24, 2.45) is 7.05 Å². The number of benzene rings is 1. The molecule has 0 aliphatic rings. The van der Waals surface area contributed by atoms with Crippen LogP contribution in [0.2, 0.25) is 0 Å². The summed E-state index contributed by atoms with van der Waals surface area (Å²) in [6.45, 7) is 0. The number of anilines is 1. The monoisotopic (exact) mass is 271 g/mol. The van der Waals surface area contributed by atoms with Gasteiger partial charge in [-0.1, -0.05) is 0 Å². The molecule has 1 aromatic carbocycles. The number of nitrogen functional groups attached to an aromatic ring is 1. The van der Waals surface area contributed by atoms with E-state index >= 15 is 0 Å². The average molecular weight is 271 g/mol. The summed E-state index contributed by atoms with van der Waals surface area (Å²) in [5, 5.41) is 4.03. The molecule has 0 spiro atoms. The number of nitrogens with zero attached hydrogens (tertiary/aromatic N) is 2. The highest BCUT2D eigenvalue weighted by Crippen LogP contribution is 2.36. The molecule has 0 fully saturated rings. The van der Waals surface area contributed by atoms with Crippen LogP contribution in [-0.2, 0) is 7.05 Å². The number of alkyl halides is 2. The van der Waals surface area contributed by atoms with Gasteiger partial charge in [-0.3, -0.25) is 4.68 Å². The molecule has 7 heteroatoms. The Morgan fingerprint density at radius 2 is 2.00 bits per heavy atom. The van der Waals surface area contributed by atoms with E-state index < -0.39 is 17.8 Å². The molecule has 0 aliphatic heterocycles. The molecule has 102 valence electrons. The Morgan fingerprint density at radius 1 is 1.32 bits per heavy atom. The third kappa shape index (κ3) is 2.35. The maximum absolute atomic E-state index is 13.7. The lowest BCUT2D eigenvalue weighted by atomic mass is 10.1. The van der Waals surface area contributed by atoms with Gasteiger partial charge in [0.25, 0.3) is 6.43 Å². The van der Waals surface area contributed by atoms with Gasteiger partial charge in [0, 0.05) is 24.2 Å². The number of ether oxygens (including phenoxy) is 1. The van der Waals surface area contributed by atoms with Crippen molar-refractivity contribution in [3.63, 3.8) is 0 Å². The van der Waals surface area contributed by atoms with E-state index in [1.54, 1.807) is 7.05 Å². The molecule has 2 aromatic rings. The van der Waals surface area contributed by atoms with Crippen LogP contribution in [0.1, 0.15) is 12.0 Å². The minimum atomic E-state index is -2.78. The molecular formula is C12H12F3N3O. The molecule has 0 bridgehead atoms. The minimum absolute atomic E-state index is 0.137. The molecule has 0 unspecified atom stereocenters. The Kier molecular flexibility index (Phi) is 3.37. The summed E-state index contributed by atoms with van der Waals surface area (Å²) >= 11 is 0. The van der Waals surface area contributed by atoms with Crippen LogP contribution in [0.5, 0.6) is 5.75 Å². The summed E-state index contributed by atoms with van der Waals surface area (Å²) in [7, 11) is 2.86. The molecule has 0 amide bonds. The Labute approximate surface area is 107 Å². The van der Waals surface area contributed by atoms with Gasteiger partial charge in [-0.2, -0.15) is 5.10 Å². The normalized spacial score (nSPS) is 11.1. The van der Waals surface area contributed by atoms with Crippen molar-refractivity contribution in [3.05, 3.63) is 29.6 Å². The first-order valence-electron chi connectivity index (χ1n) is 5.39. The van der Waals surface area contributed by atoms with Gasteiger partial charge in [0.05, 0.1) is 12.8 Å². The highest BCUT2D eigenvalue weighted by Gasteiger charge is 2.19. The Balaban J connectivity index is 2.65. The van der Waals surface area contributed by atoms with Crippen molar-refractivity contribution in [2.75, 3.05) is 12.8 Å². The van der Waals surface area contributed by atoms with E-state index in [-0.39, 0.29) is 17.0 Å². The van der Waals surface area contributed by atoms with Crippen molar-refractivity contribution in [1.82, 2.24) is 9.78 Å². The van der Waals surface area contributed by atoms with E-state index in [9.17, 15) is 13.2 Å². The summed E-state index contributed by atoms with van der Waals surface area (Å²) in [6.07, 6.45) is -2.78. The summed E-state index contributed by atoms with van der Waals surface area (Å²) < 4.78 is 45.4. The molecular weight excluding hydrogens is 259 g/mol. The molecule has 0 atom stereocenters. The van der Waals surface area contributed by atoms with E-state index in [1.807, 2.05) is 0 Å². The van der Waals surface area contributed by atoms with Gasteiger partial charge in [0.1, 0.15) is 5.82 Å². The standard InChI is InChI=1S/C12H12F3N3O/c1-18-10(16)5-9(17-18)7-3-6(12(14)15)4-8(13)11(7)19-2/h3-5,12H,16H2,1-2H3. The lowest BCUT2D eigenvalue weighted by Gasteiger charge is -2.10. The average Bonchev–Trinajstić information content (AvgIpc) is 2.68. The van der Waals surface area contributed by atoms with Gasteiger partial charge < -0.3 is 10.5 Å². The number of hydrogen-bond acceptors (Lipinski definition) is 3. The van der Waals surface area contributed by atoms with Crippen molar-refractivity contribution in [3.8, 4) is 17.0 Å². The van der Waals surface area contributed by atoms with E-state index in [0.29, 0.717) is 5.82 Å². The first-order valence-corrected chi connectivity index (χ1v) is 5.39. The maximum atomic E-state index is 13.7. The molecule has 0 saturated carbocycles. The molecule has 0 radical (unpaired) electrons. The predicted octanol–water partition coefficient (Wildman–Crippen LogP) is 2.75. The minimum Gasteiger partial charge on any atom is -0.493 e. The van der Waals surface area contributed by atoms with Crippen LogP contribution >= 0.6 is 0 Å². The first kappa shape index (κ1) is 13.3. The zero-order valence-electron chi connectivity index (χ0n) is 10.3. The summed E-state index contributed by atoms with van der Waals surface area (Å²) in [4.78, 5) is 0. The third-order valence-electron chi connectivity index (χ3n) is 2.71. The summed E-state index contributed by atoms with van der Waals surface area (Å²) in [6, 6.07) is 3.36. The molecule has 19 heavy (non-hydrogen) atoms. The van der Waals surface area contributed by atoms with E-state index in [4.69, 9.17) is 10.5 Å². The van der Waals surface area contributed by atoms with Crippen LogP contribution < -0.4 is 10.5 Å². The largest absolute Gasteiger partial charge is 0.493 e. The topological polar surface area (TPSA) is 53.1 Å². The Bertz CT molecular complexity index is 591. The number of nitrogens with two attached hydrogens (primary N) is 1. The van der Waals surface area contributed by atoms with E-state index in [2.05, 4.69) is 5.10 Å². The van der Waals surface area contributed by atoms with E-state index in [1.165, 1.54) is 17.9 Å². The fourth-order valence-electron chi connectivity index (χ4n) is 1.75. The van der Waals surface area contributed by atoms with Gasteiger partial charge in [-0.15, -0.1) is 0 Å². The van der Waals surface area contributed by atoms with Crippen molar-refractivity contribution in [2.45, 2.75) is 6.43 Å².